The van der Waals surface area contributed by atoms with E-state index in [1.807, 2.05) is 78.9 Å². The van der Waals surface area contributed by atoms with Gasteiger partial charge in [0, 0.05) is 55.5 Å². The molecule has 5 rings (SSSR count). The Kier molecular flexibility index (Phi) is 14.3. The molecular formula is C44H57N7O10. The zero-order chi connectivity index (χ0) is 44.8. The molecule has 0 unspecified atom stereocenters. The molecule has 61 heavy (non-hydrogen) atoms. The van der Waals surface area contributed by atoms with Crippen LogP contribution >= 0.6 is 0 Å². The summed E-state index contributed by atoms with van der Waals surface area (Å²) in [5.74, 6) is -2.48. The number of primary amides is 2. The normalized spacial score (nSPS) is 20.1. The summed E-state index contributed by atoms with van der Waals surface area (Å²) in [6.07, 6.45) is -4.52. The number of carbonyl (C=O) groups is 6. The number of nitrogens with zero attached hydrogens (tertiary/aromatic N) is 3. The lowest BCUT2D eigenvalue weighted by Gasteiger charge is -2.36. The quantitative estimate of drug-likeness (QED) is 0.0978. The zero-order valence-corrected chi connectivity index (χ0v) is 34.9. The molecule has 0 saturated carbocycles. The highest BCUT2D eigenvalue weighted by Gasteiger charge is 2.46. The molecule has 0 aromatic heterocycles. The Bertz CT molecular complexity index is 1930. The van der Waals surface area contributed by atoms with Crippen molar-refractivity contribution in [3.8, 4) is 0 Å². The third-order valence-electron chi connectivity index (χ3n) is 11.6. The largest absolute Gasteiger partial charge is 0.465 e. The number of nitrogens with two attached hydrogens (primary N) is 2. The molecule has 0 bridgehead atoms. The molecule has 328 valence electrons. The predicted octanol–water partition coefficient (Wildman–Crippen LogP) is 3.24. The van der Waals surface area contributed by atoms with Crippen LogP contribution in [0.1, 0.15) is 87.7 Å². The van der Waals surface area contributed by atoms with Crippen molar-refractivity contribution < 1.29 is 49.2 Å². The number of aliphatic hydroxyl groups excluding tert-OH is 2. The molecule has 2 heterocycles. The van der Waals surface area contributed by atoms with E-state index in [1.54, 1.807) is 27.7 Å². The van der Waals surface area contributed by atoms with Crippen LogP contribution in [0.15, 0.2) is 78.9 Å². The van der Waals surface area contributed by atoms with Crippen LogP contribution in [0.25, 0.3) is 0 Å². The van der Waals surface area contributed by atoms with E-state index < -0.39 is 83.0 Å². The van der Waals surface area contributed by atoms with Crippen LogP contribution in [0, 0.1) is 10.8 Å². The Morgan fingerprint density at radius 1 is 0.639 bits per heavy atom. The Balaban J connectivity index is 1.34. The third kappa shape index (κ3) is 11.5. The number of likely N-dealkylation sites (tertiary alicyclic amines) is 2. The van der Waals surface area contributed by atoms with E-state index in [0.29, 0.717) is 13.1 Å². The third-order valence-corrected chi connectivity index (χ3v) is 11.6. The number of amides is 6. The van der Waals surface area contributed by atoms with Gasteiger partial charge in [0.1, 0.15) is 12.1 Å². The van der Waals surface area contributed by atoms with Gasteiger partial charge in [-0.3, -0.25) is 19.2 Å². The number of β-amino-alcohol motifs (C(OH)–C–C–N with tert-alkyl or cyclic N) is 2. The van der Waals surface area contributed by atoms with E-state index >= 15 is 0 Å². The van der Waals surface area contributed by atoms with Gasteiger partial charge in [-0.15, -0.1) is 0 Å². The Morgan fingerprint density at radius 3 is 1.33 bits per heavy atom. The summed E-state index contributed by atoms with van der Waals surface area (Å²) in [6, 6.07) is 21.5. The van der Waals surface area contributed by atoms with Crippen molar-refractivity contribution >= 4 is 41.5 Å². The van der Waals surface area contributed by atoms with Gasteiger partial charge in [0.05, 0.1) is 24.3 Å². The van der Waals surface area contributed by atoms with Gasteiger partial charge in [-0.05, 0) is 47.2 Å². The van der Waals surface area contributed by atoms with E-state index in [0.717, 1.165) is 27.9 Å². The molecule has 2 aliphatic heterocycles. The molecule has 6 amide bonds. The van der Waals surface area contributed by atoms with Crippen molar-refractivity contribution in [2.45, 2.75) is 103 Å². The van der Waals surface area contributed by atoms with Gasteiger partial charge in [0.2, 0.25) is 23.6 Å². The summed E-state index contributed by atoms with van der Waals surface area (Å²) in [5, 5.41) is 45.0. The molecule has 0 aliphatic carbocycles. The molecule has 2 aliphatic rings. The SMILES string of the molecule is CC(C)(CC(N)=O)[C@H](NC(=O)O)C(=O)N1C[C@H](O)C[C@H]1c1ccc(CN(Cc2ccc([C@@H]3C[C@@H](O)CN3C(=O)[C@@H](NC(=O)O)C(C)(C)CC(N)=O)cc2)c2ccccc2)cc1. The average Bonchev–Trinajstić information content (AvgIpc) is 3.77. The predicted molar refractivity (Wildman–Crippen MR) is 224 cm³/mol. The fraction of sp³-hybridized carbons (Fsp3) is 0.455. The van der Waals surface area contributed by atoms with E-state index in [1.165, 1.54) is 9.80 Å². The van der Waals surface area contributed by atoms with Crippen molar-refractivity contribution in [2.75, 3.05) is 18.0 Å². The number of aliphatic hydroxyl groups is 2. The van der Waals surface area contributed by atoms with Crippen molar-refractivity contribution in [2.24, 2.45) is 22.3 Å². The van der Waals surface area contributed by atoms with Crippen LogP contribution in [0.4, 0.5) is 15.3 Å². The molecule has 2 saturated heterocycles. The van der Waals surface area contributed by atoms with Crippen LogP contribution in [0.2, 0.25) is 0 Å². The summed E-state index contributed by atoms with van der Waals surface area (Å²) >= 11 is 0. The molecule has 0 spiro atoms. The number of carboxylic acid groups (broad SMARTS) is 2. The molecule has 3 aromatic rings. The molecule has 6 atom stereocenters. The molecule has 0 radical (unpaired) electrons. The van der Waals surface area contributed by atoms with Crippen molar-refractivity contribution in [1.82, 2.24) is 20.4 Å². The maximum absolute atomic E-state index is 13.9. The minimum absolute atomic E-state index is 0.0104. The molecule has 3 aromatic carbocycles. The highest BCUT2D eigenvalue weighted by Crippen LogP contribution is 2.38. The topological polar surface area (TPSA) is 269 Å². The fourth-order valence-corrected chi connectivity index (χ4v) is 8.62. The average molecular weight is 844 g/mol. The van der Waals surface area contributed by atoms with Gasteiger partial charge in [-0.2, -0.15) is 0 Å². The molecule has 10 N–H and O–H groups in total. The number of carbonyl (C=O) groups excluding carboxylic acids is 4. The summed E-state index contributed by atoms with van der Waals surface area (Å²) < 4.78 is 0. The first-order valence-corrected chi connectivity index (χ1v) is 20.2. The van der Waals surface area contributed by atoms with E-state index in [2.05, 4.69) is 15.5 Å². The number of anilines is 1. The number of rotatable bonds is 17. The number of nitrogens with one attached hydrogen (secondary N) is 2. The molecular weight excluding hydrogens is 787 g/mol. The van der Waals surface area contributed by atoms with Gasteiger partial charge in [-0.1, -0.05) is 94.4 Å². The van der Waals surface area contributed by atoms with Crippen LogP contribution < -0.4 is 27.0 Å². The van der Waals surface area contributed by atoms with E-state index in [9.17, 15) is 49.2 Å². The number of para-hydroxylation sites is 1. The second kappa shape index (κ2) is 19.0. The van der Waals surface area contributed by atoms with Crippen LogP contribution in [-0.2, 0) is 32.3 Å². The number of hydrogen-bond acceptors (Lipinski definition) is 9. The highest BCUT2D eigenvalue weighted by atomic mass is 16.4. The van der Waals surface area contributed by atoms with Gasteiger partial charge in [0.25, 0.3) is 0 Å². The van der Waals surface area contributed by atoms with Crippen molar-refractivity contribution in [1.29, 1.82) is 0 Å². The van der Waals surface area contributed by atoms with E-state index in [4.69, 9.17) is 11.5 Å². The Morgan fingerprint density at radius 2 is 1.00 bits per heavy atom. The maximum atomic E-state index is 13.9. The lowest BCUT2D eigenvalue weighted by atomic mass is 9.80. The fourth-order valence-electron chi connectivity index (χ4n) is 8.62. The highest BCUT2D eigenvalue weighted by molar-refractivity contribution is 5.89. The minimum Gasteiger partial charge on any atom is -0.465 e. The Hall–Kier alpha value is -6.20. The minimum atomic E-state index is -1.42. The van der Waals surface area contributed by atoms with Gasteiger partial charge in [-0.25, -0.2) is 9.59 Å². The molecule has 2 fully saturated rings. The smallest absolute Gasteiger partial charge is 0.405 e. The number of hydrogen-bond donors (Lipinski definition) is 8. The summed E-state index contributed by atoms with van der Waals surface area (Å²) in [5.41, 5.74) is 12.9. The second-order valence-electron chi connectivity index (χ2n) is 17.5. The molecule has 17 heteroatoms. The standard InChI is InChI=1S/C44H57N7O10/c1-43(2,20-35(45)54)37(47-41(58)59)39(56)50-24-31(52)18-33(50)28-14-10-26(11-15-28)22-49(30-8-6-5-7-9-30)23-27-12-16-29(17-13-27)34-19-32(53)25-51(34)40(57)38(48-42(60)61)44(3,4)21-36(46)55/h5-17,31-34,37-38,47-48,52-53H,18-25H2,1-4H3,(H2,45,54)(H2,46,55)(H,58,59)(H,60,61)/t31-,32-,33+,34+,37-,38-/m1/s1. The van der Waals surface area contributed by atoms with E-state index in [-0.39, 0.29) is 38.8 Å². The molecule has 17 nitrogen and oxygen atoms in total. The van der Waals surface area contributed by atoms with Gasteiger partial charge < -0.3 is 57.2 Å². The summed E-state index contributed by atoms with van der Waals surface area (Å²) in [4.78, 5) is 80.1. The van der Waals surface area contributed by atoms with Crippen LogP contribution in [0.3, 0.4) is 0 Å². The van der Waals surface area contributed by atoms with Crippen molar-refractivity contribution in [3.05, 3.63) is 101 Å². The maximum Gasteiger partial charge on any atom is 0.405 e. The lowest BCUT2D eigenvalue weighted by Crippen LogP contribution is -2.56. The summed E-state index contributed by atoms with van der Waals surface area (Å²) in [6.45, 7) is 7.32. The monoisotopic (exact) mass is 843 g/mol. The first kappa shape index (κ1) is 45.9. The Labute approximate surface area is 354 Å². The van der Waals surface area contributed by atoms with Gasteiger partial charge in [0.15, 0.2) is 0 Å². The van der Waals surface area contributed by atoms with Gasteiger partial charge >= 0.3 is 12.2 Å². The van der Waals surface area contributed by atoms with Crippen molar-refractivity contribution in [3.63, 3.8) is 0 Å². The zero-order valence-electron chi connectivity index (χ0n) is 34.9. The first-order valence-electron chi connectivity index (χ1n) is 20.2. The number of benzene rings is 3. The summed E-state index contributed by atoms with van der Waals surface area (Å²) in [7, 11) is 0. The van der Waals surface area contributed by atoms with Crippen LogP contribution in [0.5, 0.6) is 0 Å². The lowest BCUT2D eigenvalue weighted by molar-refractivity contribution is -0.139. The second-order valence-corrected chi connectivity index (χ2v) is 17.5. The van der Waals surface area contributed by atoms with Crippen LogP contribution in [-0.4, -0.2) is 103 Å². The first-order chi connectivity index (χ1) is 28.6.